The minimum Gasteiger partial charge on any atom is -0.381 e. The summed E-state index contributed by atoms with van der Waals surface area (Å²) in [6.07, 6.45) is 1.16. The highest BCUT2D eigenvalue weighted by atomic mass is 127. The van der Waals surface area contributed by atoms with E-state index in [0.717, 1.165) is 65.0 Å². The molecule has 23 heavy (non-hydrogen) atoms. The largest absolute Gasteiger partial charge is 0.381 e. The van der Waals surface area contributed by atoms with Crippen molar-refractivity contribution in [2.24, 2.45) is 10.9 Å². The fourth-order valence-electron chi connectivity index (χ4n) is 3.19. The van der Waals surface area contributed by atoms with Crippen LogP contribution in [0.3, 0.4) is 0 Å². The molecular weight excluding hydrogens is 407 g/mol. The van der Waals surface area contributed by atoms with Gasteiger partial charge in [0, 0.05) is 58.3 Å². The van der Waals surface area contributed by atoms with Crippen molar-refractivity contribution < 1.29 is 9.47 Å². The number of hydrogen-bond donors (Lipinski definition) is 1. The Morgan fingerprint density at radius 2 is 2.13 bits per heavy atom. The first kappa shape index (κ1) is 20.9. The predicted molar refractivity (Wildman–Crippen MR) is 105 cm³/mol. The van der Waals surface area contributed by atoms with Crippen molar-refractivity contribution in [2.45, 2.75) is 25.8 Å². The van der Waals surface area contributed by atoms with E-state index < -0.39 is 0 Å². The summed E-state index contributed by atoms with van der Waals surface area (Å²) >= 11 is 0. The molecule has 2 heterocycles. The third kappa shape index (κ3) is 6.36. The fraction of sp³-hybridized carbons (Fsp3) is 0.938. The first-order chi connectivity index (χ1) is 10.5. The monoisotopic (exact) mass is 440 g/mol. The standard InChI is InChI=1S/C16H32N4O2.HI/c1-16(2)13-22-10-8-20(16)7-6-18-15(17-3)19(4)11-14-5-9-21-12-14;/h14H,5-13H2,1-4H3,(H,17,18);1H. The molecule has 0 amide bonds. The van der Waals surface area contributed by atoms with Gasteiger partial charge < -0.3 is 19.7 Å². The molecule has 0 aliphatic carbocycles. The molecule has 2 aliphatic rings. The molecule has 1 N–H and O–H groups in total. The Balaban J connectivity index is 0.00000264. The summed E-state index contributed by atoms with van der Waals surface area (Å²) in [6, 6.07) is 0. The van der Waals surface area contributed by atoms with Crippen LogP contribution in [0.25, 0.3) is 0 Å². The summed E-state index contributed by atoms with van der Waals surface area (Å²) in [4.78, 5) is 9.10. The number of ether oxygens (including phenoxy) is 2. The van der Waals surface area contributed by atoms with Gasteiger partial charge >= 0.3 is 0 Å². The molecule has 0 aromatic rings. The highest BCUT2D eigenvalue weighted by molar-refractivity contribution is 14.0. The van der Waals surface area contributed by atoms with E-state index in [1.54, 1.807) is 0 Å². The van der Waals surface area contributed by atoms with Gasteiger partial charge in [0.05, 0.1) is 19.8 Å². The second kappa shape index (κ2) is 10.0. The first-order valence-electron chi connectivity index (χ1n) is 8.35. The molecule has 0 aromatic heterocycles. The van der Waals surface area contributed by atoms with Crippen LogP contribution in [0.2, 0.25) is 0 Å². The fourth-order valence-corrected chi connectivity index (χ4v) is 3.19. The van der Waals surface area contributed by atoms with Crippen molar-refractivity contribution >= 4 is 29.9 Å². The molecule has 1 atom stereocenters. The van der Waals surface area contributed by atoms with Gasteiger partial charge in [-0.15, -0.1) is 24.0 Å². The van der Waals surface area contributed by atoms with Gasteiger partial charge in [0.15, 0.2) is 5.96 Å². The Bertz CT molecular complexity index is 373. The zero-order valence-electron chi connectivity index (χ0n) is 15.0. The number of aliphatic imine (C=N–C) groups is 1. The van der Waals surface area contributed by atoms with Crippen LogP contribution in [0.5, 0.6) is 0 Å². The van der Waals surface area contributed by atoms with Gasteiger partial charge in [-0.3, -0.25) is 9.89 Å². The maximum Gasteiger partial charge on any atom is 0.193 e. The molecule has 0 saturated carbocycles. The van der Waals surface area contributed by atoms with Crippen LogP contribution in [-0.4, -0.2) is 88.0 Å². The lowest BCUT2D eigenvalue weighted by molar-refractivity contribution is -0.0496. The third-order valence-corrected chi connectivity index (χ3v) is 4.61. The number of morpholine rings is 1. The Hall–Kier alpha value is -0.120. The van der Waals surface area contributed by atoms with E-state index in [4.69, 9.17) is 9.47 Å². The van der Waals surface area contributed by atoms with E-state index in [1.165, 1.54) is 0 Å². The Morgan fingerprint density at radius 3 is 2.74 bits per heavy atom. The van der Waals surface area contributed by atoms with Crippen LogP contribution in [0.15, 0.2) is 4.99 Å². The smallest absolute Gasteiger partial charge is 0.193 e. The van der Waals surface area contributed by atoms with Crippen LogP contribution in [0, 0.1) is 5.92 Å². The predicted octanol–water partition coefficient (Wildman–Crippen LogP) is 1.26. The minimum absolute atomic E-state index is 0. The van der Waals surface area contributed by atoms with Crippen molar-refractivity contribution in [3.8, 4) is 0 Å². The number of nitrogens with zero attached hydrogens (tertiary/aromatic N) is 3. The van der Waals surface area contributed by atoms with Crippen LogP contribution in [-0.2, 0) is 9.47 Å². The maximum absolute atomic E-state index is 5.57. The lowest BCUT2D eigenvalue weighted by atomic mass is 10.0. The summed E-state index contributed by atoms with van der Waals surface area (Å²) in [6.45, 7) is 11.8. The summed E-state index contributed by atoms with van der Waals surface area (Å²) in [7, 11) is 3.95. The van der Waals surface area contributed by atoms with Crippen molar-refractivity contribution in [1.29, 1.82) is 0 Å². The van der Waals surface area contributed by atoms with Crippen LogP contribution < -0.4 is 5.32 Å². The quantitative estimate of drug-likeness (QED) is 0.397. The topological polar surface area (TPSA) is 49.3 Å². The first-order valence-corrected chi connectivity index (χ1v) is 8.35. The number of hydrogen-bond acceptors (Lipinski definition) is 4. The van der Waals surface area contributed by atoms with Crippen molar-refractivity contribution in [1.82, 2.24) is 15.1 Å². The van der Waals surface area contributed by atoms with Gasteiger partial charge in [-0.1, -0.05) is 0 Å². The average molecular weight is 440 g/mol. The molecule has 0 spiro atoms. The number of nitrogens with one attached hydrogen (secondary N) is 1. The van der Waals surface area contributed by atoms with Crippen molar-refractivity contribution in [2.75, 3.05) is 66.7 Å². The highest BCUT2D eigenvalue weighted by Gasteiger charge is 2.29. The lowest BCUT2D eigenvalue weighted by Crippen LogP contribution is -2.55. The summed E-state index contributed by atoms with van der Waals surface area (Å²) in [5, 5.41) is 3.48. The number of guanidine groups is 1. The summed E-state index contributed by atoms with van der Waals surface area (Å²) < 4.78 is 11.0. The summed E-state index contributed by atoms with van der Waals surface area (Å²) in [5.41, 5.74) is 0.122. The molecule has 0 aromatic carbocycles. The molecule has 2 aliphatic heterocycles. The summed E-state index contributed by atoms with van der Waals surface area (Å²) in [5.74, 6) is 1.60. The van der Waals surface area contributed by atoms with Gasteiger partial charge in [0.25, 0.3) is 0 Å². The second-order valence-electron chi connectivity index (χ2n) is 6.94. The van der Waals surface area contributed by atoms with Gasteiger partial charge in [0.1, 0.15) is 0 Å². The minimum atomic E-state index is 0. The Kier molecular flexibility index (Phi) is 9.10. The number of rotatable bonds is 5. The van der Waals surface area contributed by atoms with E-state index in [2.05, 4.69) is 41.0 Å². The molecular formula is C16H33IN4O2. The molecule has 1 unspecified atom stereocenters. The average Bonchev–Trinajstić information content (AvgIpc) is 2.97. The van der Waals surface area contributed by atoms with E-state index >= 15 is 0 Å². The van der Waals surface area contributed by atoms with Gasteiger partial charge in [-0.05, 0) is 20.3 Å². The van der Waals surface area contributed by atoms with Crippen LogP contribution in [0.1, 0.15) is 20.3 Å². The van der Waals surface area contributed by atoms with Crippen molar-refractivity contribution in [3.05, 3.63) is 0 Å². The zero-order chi connectivity index (χ0) is 16.0. The number of halogens is 1. The Morgan fingerprint density at radius 1 is 1.35 bits per heavy atom. The highest BCUT2D eigenvalue weighted by Crippen LogP contribution is 2.18. The van der Waals surface area contributed by atoms with Crippen LogP contribution >= 0.6 is 24.0 Å². The van der Waals surface area contributed by atoms with E-state index in [-0.39, 0.29) is 29.5 Å². The zero-order valence-corrected chi connectivity index (χ0v) is 17.3. The molecule has 7 heteroatoms. The normalized spacial score (nSPS) is 25.0. The Labute approximate surface area is 158 Å². The van der Waals surface area contributed by atoms with E-state index in [1.807, 2.05) is 7.05 Å². The molecule has 0 bridgehead atoms. The van der Waals surface area contributed by atoms with Gasteiger partial charge in [-0.25, -0.2) is 0 Å². The maximum atomic E-state index is 5.57. The molecule has 6 nitrogen and oxygen atoms in total. The molecule has 2 fully saturated rings. The molecule has 0 radical (unpaired) electrons. The van der Waals surface area contributed by atoms with Crippen molar-refractivity contribution in [3.63, 3.8) is 0 Å². The molecule has 136 valence electrons. The van der Waals surface area contributed by atoms with E-state index in [9.17, 15) is 0 Å². The van der Waals surface area contributed by atoms with Gasteiger partial charge in [0.2, 0.25) is 0 Å². The second-order valence-corrected chi connectivity index (χ2v) is 6.94. The molecule has 2 saturated heterocycles. The lowest BCUT2D eigenvalue weighted by Gasteiger charge is -2.42. The SMILES string of the molecule is CN=C(NCCN1CCOCC1(C)C)N(C)CC1CCOC1.I. The third-order valence-electron chi connectivity index (χ3n) is 4.61. The van der Waals surface area contributed by atoms with E-state index in [0.29, 0.717) is 5.92 Å². The van der Waals surface area contributed by atoms with Gasteiger partial charge in [-0.2, -0.15) is 0 Å². The van der Waals surface area contributed by atoms with Crippen LogP contribution in [0.4, 0.5) is 0 Å². The molecule has 2 rings (SSSR count).